The summed E-state index contributed by atoms with van der Waals surface area (Å²) < 4.78 is 174. The Kier molecular flexibility index (Phi) is 18.0. The minimum atomic E-state index is -4.29. The van der Waals surface area contributed by atoms with Gasteiger partial charge in [0.2, 0.25) is 31.9 Å². The molecule has 0 fully saturated rings. The van der Waals surface area contributed by atoms with Gasteiger partial charge < -0.3 is 28.4 Å². The number of benzene rings is 4. The van der Waals surface area contributed by atoms with Crippen molar-refractivity contribution in [2.24, 2.45) is 14.1 Å². The van der Waals surface area contributed by atoms with Gasteiger partial charge in [-0.15, -0.1) is 20.4 Å². The first kappa shape index (κ1) is 59.6. The van der Waals surface area contributed by atoms with Gasteiger partial charge in [0.1, 0.15) is 57.4 Å². The van der Waals surface area contributed by atoms with E-state index in [9.17, 15) is 42.5 Å². The molecule has 0 aliphatic rings. The van der Waals surface area contributed by atoms with E-state index in [1.54, 1.807) is 84.4 Å². The summed E-state index contributed by atoms with van der Waals surface area (Å²) in [4.78, 5) is -0.761. The van der Waals surface area contributed by atoms with Crippen molar-refractivity contribution < 1.29 is 70.9 Å². The number of sulfonamides is 2. The van der Waals surface area contributed by atoms with Crippen molar-refractivity contribution in [3.8, 4) is 57.4 Å². The van der Waals surface area contributed by atoms with E-state index in [1.807, 2.05) is 0 Å². The highest BCUT2D eigenvalue weighted by atomic mass is 32.2. The monoisotopic (exact) mass is 1190 g/mol. The number of para-hydroxylation sites is 2. The summed E-state index contributed by atoms with van der Waals surface area (Å²) in [6.07, 6.45) is 2.62. The summed E-state index contributed by atoms with van der Waals surface area (Å²) >= 11 is 0. The van der Waals surface area contributed by atoms with E-state index in [4.69, 9.17) is 28.4 Å². The molecule has 0 saturated carbocycles. The smallest absolute Gasteiger partial charge is 0.243 e. The molecule has 0 aliphatic carbocycles. The molecule has 0 saturated heterocycles. The van der Waals surface area contributed by atoms with E-state index in [-0.39, 0.29) is 44.5 Å². The number of aryl methyl sites for hydroxylation is 2. The lowest BCUT2D eigenvalue weighted by Gasteiger charge is -2.20. The molecule has 4 aromatic heterocycles. The molecule has 0 unspecified atom stereocenters. The number of methoxy groups -OCH3 is 6. The fourth-order valence-electron chi connectivity index (χ4n) is 8.15. The van der Waals surface area contributed by atoms with Crippen LogP contribution in [0.3, 0.4) is 0 Å². The lowest BCUT2D eigenvalue weighted by Crippen LogP contribution is -2.25. The number of anilines is 2. The van der Waals surface area contributed by atoms with Crippen molar-refractivity contribution in [2.45, 2.75) is 22.0 Å². The fourth-order valence-corrected chi connectivity index (χ4v) is 12.5. The summed E-state index contributed by atoms with van der Waals surface area (Å²) in [6.45, 7) is 0. The van der Waals surface area contributed by atoms with Gasteiger partial charge in [0.05, 0.1) is 61.9 Å². The Labute approximate surface area is 459 Å². The fraction of sp³-hybridized carbons (Fsp3) is 0.292. The maximum atomic E-state index is 13.9. The molecule has 2 N–H and O–H groups in total. The average molecular weight is 1190 g/mol. The van der Waals surface area contributed by atoms with Crippen molar-refractivity contribution in [3.05, 3.63) is 120 Å². The van der Waals surface area contributed by atoms with Crippen molar-refractivity contribution in [2.75, 3.05) is 76.1 Å². The number of ether oxygens (including phenoxy) is 6. The average Bonchev–Trinajstić information content (AvgIpc) is 4.38. The maximum Gasteiger partial charge on any atom is 0.243 e. The molecule has 80 heavy (non-hydrogen) atoms. The van der Waals surface area contributed by atoms with Crippen LogP contribution in [0.4, 0.5) is 20.7 Å². The highest BCUT2D eigenvalue weighted by Gasteiger charge is 2.33. The number of nitrogens with zero attached hydrogens (tertiary/aromatic N) is 10. The zero-order chi connectivity index (χ0) is 58.5. The summed E-state index contributed by atoms with van der Waals surface area (Å²) in [5.41, 5.74) is 1.34. The van der Waals surface area contributed by atoms with Crippen LogP contribution in [0.5, 0.6) is 23.0 Å². The van der Waals surface area contributed by atoms with Gasteiger partial charge in [-0.1, -0.05) is 24.3 Å². The molecule has 0 radical (unpaired) electrons. The van der Waals surface area contributed by atoms with Crippen molar-refractivity contribution in [1.29, 1.82) is 0 Å². The zero-order valence-electron chi connectivity index (χ0n) is 44.4. The lowest BCUT2D eigenvalue weighted by molar-refractivity contribution is 0.119. The summed E-state index contributed by atoms with van der Waals surface area (Å²) in [6, 6.07) is 19.4. The third-order valence-electron chi connectivity index (χ3n) is 11.7. The Morgan fingerprint density at radius 3 is 1.11 bits per heavy atom. The summed E-state index contributed by atoms with van der Waals surface area (Å²) in [7, 11) is -4.77. The molecule has 2 atom stereocenters. The molecule has 4 aromatic carbocycles. The van der Waals surface area contributed by atoms with E-state index in [2.05, 4.69) is 40.0 Å². The number of sulfone groups is 2. The Morgan fingerprint density at radius 2 is 0.838 bits per heavy atom. The maximum absolute atomic E-state index is 13.9. The third kappa shape index (κ3) is 13.3. The van der Waals surface area contributed by atoms with Crippen molar-refractivity contribution >= 4 is 51.6 Å². The highest BCUT2D eigenvalue weighted by molar-refractivity contribution is 7.93. The van der Waals surface area contributed by atoms with Crippen LogP contribution in [-0.2, 0) is 63.3 Å². The number of nitrogens with one attached hydrogen (secondary N) is 2. The molecule has 4 heterocycles. The number of hydrogen-bond acceptors (Lipinski definition) is 20. The van der Waals surface area contributed by atoms with Gasteiger partial charge in [-0.2, -0.15) is 10.2 Å². The van der Waals surface area contributed by atoms with Gasteiger partial charge in [0, 0.05) is 64.3 Å². The SMILES string of the molecule is COc1cccc(OC)c1-n1c(NS(=O)(=O)C[C@@H](OC)c2ccc(F)cc2S(C)(=O)=O)nnc1-c1ccn(C)n1.COc1cccc(OC)c1-n1c(NS(=O)(=O)C[C@H](OC)c2ccc(F)cc2S(C)(=O)=O)nnc1-c1ccn(C)n1. The first-order valence-corrected chi connectivity index (χ1v) is 30.2. The van der Waals surface area contributed by atoms with Crippen LogP contribution in [0.25, 0.3) is 34.4 Å². The lowest BCUT2D eigenvalue weighted by atomic mass is 10.1. The molecule has 8 aromatic rings. The number of halogens is 2. The quantitative estimate of drug-likeness (QED) is 0.0927. The largest absolute Gasteiger partial charge is 0.494 e. The van der Waals surface area contributed by atoms with Crippen LogP contribution in [0, 0.1) is 11.6 Å². The second-order valence-corrected chi connectivity index (χ2v) is 24.8. The van der Waals surface area contributed by atoms with Crippen LogP contribution in [-0.4, -0.2) is 149 Å². The molecule has 8 rings (SSSR count). The van der Waals surface area contributed by atoms with Gasteiger partial charge in [-0.3, -0.25) is 27.9 Å². The molecular formula is C48H54F2N12O14S4. The molecule has 0 bridgehead atoms. The zero-order valence-corrected chi connectivity index (χ0v) is 47.6. The van der Waals surface area contributed by atoms with Gasteiger partial charge in [-0.05, 0) is 60.7 Å². The summed E-state index contributed by atoms with van der Waals surface area (Å²) in [5.74, 6) is -1.80. The van der Waals surface area contributed by atoms with E-state index in [0.717, 1.165) is 36.8 Å². The van der Waals surface area contributed by atoms with Gasteiger partial charge in [0.25, 0.3) is 0 Å². The number of hydrogen-bond donors (Lipinski definition) is 2. The van der Waals surface area contributed by atoms with E-state index >= 15 is 0 Å². The molecule has 0 aliphatic heterocycles. The second-order valence-electron chi connectivity index (χ2n) is 17.3. The highest BCUT2D eigenvalue weighted by Crippen LogP contribution is 2.40. The Morgan fingerprint density at radius 1 is 0.500 bits per heavy atom. The molecule has 0 spiro atoms. The Hall–Kier alpha value is -8.04. The van der Waals surface area contributed by atoms with Gasteiger partial charge in [0.15, 0.2) is 31.3 Å². The van der Waals surface area contributed by atoms with E-state index < -0.39 is 75.1 Å². The molecule has 0 amide bonds. The number of rotatable bonds is 22. The van der Waals surface area contributed by atoms with Crippen molar-refractivity contribution in [1.82, 2.24) is 49.1 Å². The topological polar surface area (TPSA) is 313 Å². The van der Waals surface area contributed by atoms with Crippen LogP contribution < -0.4 is 28.4 Å². The first-order valence-electron chi connectivity index (χ1n) is 23.2. The minimum absolute atomic E-state index is 0.0150. The summed E-state index contributed by atoms with van der Waals surface area (Å²) in [5, 5.41) is 25.2. The van der Waals surface area contributed by atoms with Crippen LogP contribution in [0.15, 0.2) is 107 Å². The van der Waals surface area contributed by atoms with Crippen LogP contribution in [0.2, 0.25) is 0 Å². The van der Waals surface area contributed by atoms with Crippen LogP contribution in [0.1, 0.15) is 23.3 Å². The molecule has 428 valence electrons. The van der Waals surface area contributed by atoms with Crippen molar-refractivity contribution in [3.63, 3.8) is 0 Å². The third-order valence-corrected chi connectivity index (χ3v) is 16.5. The minimum Gasteiger partial charge on any atom is -0.494 e. The predicted octanol–water partition coefficient (Wildman–Crippen LogP) is 4.71. The molecule has 26 nitrogen and oxygen atoms in total. The van der Waals surface area contributed by atoms with E-state index in [1.165, 1.54) is 63.9 Å². The van der Waals surface area contributed by atoms with Gasteiger partial charge in [-0.25, -0.2) is 42.5 Å². The van der Waals surface area contributed by atoms with E-state index in [0.29, 0.717) is 45.8 Å². The Bertz CT molecular complexity index is 3720. The van der Waals surface area contributed by atoms with Gasteiger partial charge >= 0.3 is 0 Å². The second kappa shape index (κ2) is 24.1. The molecule has 32 heteroatoms. The predicted molar refractivity (Wildman–Crippen MR) is 287 cm³/mol. The normalized spacial score (nSPS) is 12.8. The molecular weight excluding hydrogens is 1130 g/mol. The number of aromatic nitrogens is 10. The van der Waals surface area contributed by atoms with Crippen LogP contribution >= 0.6 is 0 Å². The Balaban J connectivity index is 0.000000231. The first-order chi connectivity index (χ1) is 37.8. The standard InChI is InChI=1S/2C24H27FN6O7S2/c2*1-30-12-11-17(28-30)23-26-27-24(31(23)22-18(36-2)7-6-8-19(22)37-3)29-40(34,35)14-20(38-4)16-10-9-15(25)13-21(16)39(5,32)33/h2*6-13,20H,14H2,1-5H3,(H,27,29)/t2*20-/m10/s1.